The predicted molar refractivity (Wildman–Crippen MR) is 106 cm³/mol. The molecule has 0 N–H and O–H groups in total. The lowest BCUT2D eigenvalue weighted by Crippen LogP contribution is -1.98. The van der Waals surface area contributed by atoms with Gasteiger partial charge in [0.25, 0.3) is 0 Å². The van der Waals surface area contributed by atoms with Crippen LogP contribution in [-0.2, 0) is 6.61 Å². The highest BCUT2D eigenvalue weighted by atomic mass is 35.5. The molecule has 4 heteroatoms. The summed E-state index contributed by atoms with van der Waals surface area (Å²) < 4.78 is 11.6. The maximum Gasteiger partial charge on any atom is 0.231 e. The van der Waals surface area contributed by atoms with Gasteiger partial charge in [-0.2, -0.15) is 0 Å². The van der Waals surface area contributed by atoms with Crippen molar-refractivity contribution < 1.29 is 14.3 Å². The highest BCUT2D eigenvalue weighted by Gasteiger charge is 2.27. The third-order valence-corrected chi connectivity index (χ3v) is 4.55. The molecule has 4 rings (SSSR count). The van der Waals surface area contributed by atoms with Gasteiger partial charge >= 0.3 is 0 Å². The zero-order chi connectivity index (χ0) is 18.8. The molecule has 3 aromatic rings. The first-order valence-corrected chi connectivity index (χ1v) is 8.98. The van der Waals surface area contributed by atoms with Crippen LogP contribution in [0.25, 0.3) is 6.08 Å². The topological polar surface area (TPSA) is 35.5 Å². The monoisotopic (exact) mass is 376 g/mol. The molecule has 0 unspecified atom stereocenters. The lowest BCUT2D eigenvalue weighted by molar-refractivity contribution is 0.101. The molecule has 134 valence electrons. The van der Waals surface area contributed by atoms with Crippen LogP contribution in [0.15, 0.2) is 72.5 Å². The number of carbonyl (C=O) groups is 1. The first kappa shape index (κ1) is 17.4. The van der Waals surface area contributed by atoms with E-state index in [-0.39, 0.29) is 5.78 Å². The molecule has 1 aliphatic heterocycles. The number of ether oxygens (including phenoxy) is 2. The Bertz CT molecular complexity index is 1040. The molecule has 0 aromatic heterocycles. The van der Waals surface area contributed by atoms with Gasteiger partial charge in [-0.1, -0.05) is 53.6 Å². The van der Waals surface area contributed by atoms with Gasteiger partial charge in [0, 0.05) is 11.1 Å². The largest absolute Gasteiger partial charge is 0.489 e. The number of halogens is 1. The number of hydrogen-bond acceptors (Lipinski definition) is 3. The van der Waals surface area contributed by atoms with Gasteiger partial charge in [-0.3, -0.25) is 4.79 Å². The summed E-state index contributed by atoms with van der Waals surface area (Å²) in [6.45, 7) is 2.41. The lowest BCUT2D eigenvalue weighted by Gasteiger charge is -2.07. The van der Waals surface area contributed by atoms with Crippen molar-refractivity contribution in [3.05, 3.63) is 99.8 Å². The van der Waals surface area contributed by atoms with Crippen molar-refractivity contribution in [3.8, 4) is 11.5 Å². The Kier molecular flexibility index (Phi) is 4.69. The minimum atomic E-state index is -0.119. The molecule has 0 saturated carbocycles. The van der Waals surface area contributed by atoms with E-state index in [1.165, 1.54) is 5.56 Å². The summed E-state index contributed by atoms with van der Waals surface area (Å²) in [6, 6.07) is 20.7. The molecule has 1 heterocycles. The molecule has 0 radical (unpaired) electrons. The van der Waals surface area contributed by atoms with Crippen LogP contribution in [-0.4, -0.2) is 5.78 Å². The van der Waals surface area contributed by atoms with E-state index in [4.69, 9.17) is 21.1 Å². The molecule has 0 amide bonds. The van der Waals surface area contributed by atoms with Crippen molar-refractivity contribution >= 4 is 23.5 Å². The van der Waals surface area contributed by atoms with Crippen molar-refractivity contribution in [2.24, 2.45) is 0 Å². The normalized spacial score (nSPS) is 14.1. The number of fused-ring (bicyclic) bond motifs is 1. The van der Waals surface area contributed by atoms with Gasteiger partial charge in [0.2, 0.25) is 5.78 Å². The van der Waals surface area contributed by atoms with Crippen LogP contribution >= 0.6 is 11.6 Å². The number of benzene rings is 3. The third kappa shape index (κ3) is 3.88. The first-order valence-electron chi connectivity index (χ1n) is 8.61. The summed E-state index contributed by atoms with van der Waals surface area (Å²) in [5.41, 5.74) is 3.61. The van der Waals surface area contributed by atoms with Crippen LogP contribution < -0.4 is 9.47 Å². The molecule has 0 atom stereocenters. The summed E-state index contributed by atoms with van der Waals surface area (Å²) in [6.07, 6.45) is 1.76. The summed E-state index contributed by atoms with van der Waals surface area (Å²) in [7, 11) is 0. The van der Waals surface area contributed by atoms with E-state index in [1.807, 2.05) is 55.5 Å². The van der Waals surface area contributed by atoms with Crippen molar-refractivity contribution in [1.82, 2.24) is 0 Å². The van der Waals surface area contributed by atoms with E-state index in [2.05, 4.69) is 0 Å². The van der Waals surface area contributed by atoms with Gasteiger partial charge in [0.05, 0.1) is 5.56 Å². The van der Waals surface area contributed by atoms with Gasteiger partial charge in [-0.25, -0.2) is 0 Å². The summed E-state index contributed by atoms with van der Waals surface area (Å²) in [5, 5.41) is 0.671. The standard InChI is InChI=1S/C23H17ClO3/c1-15-5-7-16(8-6-15)12-22-23(25)20-10-9-19(13-21(20)27-22)26-14-17-3-2-4-18(24)11-17/h2-13H,14H2,1H3. The highest BCUT2D eigenvalue weighted by molar-refractivity contribution is 6.30. The van der Waals surface area contributed by atoms with Crippen LogP contribution in [0.1, 0.15) is 27.0 Å². The molecule has 0 fully saturated rings. The fourth-order valence-corrected chi connectivity index (χ4v) is 3.08. The molecule has 1 aliphatic rings. The Balaban J connectivity index is 1.51. The molecule has 27 heavy (non-hydrogen) atoms. The molecular formula is C23H17ClO3. The summed E-state index contributed by atoms with van der Waals surface area (Å²) >= 11 is 5.99. The third-order valence-electron chi connectivity index (χ3n) is 4.31. The average molecular weight is 377 g/mol. The van der Waals surface area contributed by atoms with E-state index >= 15 is 0 Å². The molecule has 3 aromatic carbocycles. The van der Waals surface area contributed by atoms with E-state index < -0.39 is 0 Å². The van der Waals surface area contributed by atoms with E-state index in [9.17, 15) is 4.79 Å². The zero-order valence-electron chi connectivity index (χ0n) is 14.7. The lowest BCUT2D eigenvalue weighted by atomic mass is 10.1. The van der Waals surface area contributed by atoms with Gasteiger partial charge < -0.3 is 9.47 Å². The maximum atomic E-state index is 12.5. The zero-order valence-corrected chi connectivity index (χ0v) is 15.5. The Labute approximate surface area is 162 Å². The number of ketones is 1. The molecule has 0 aliphatic carbocycles. The molecule has 0 saturated heterocycles. The number of aryl methyl sites for hydroxylation is 1. The molecule has 3 nitrogen and oxygen atoms in total. The number of carbonyl (C=O) groups excluding carboxylic acids is 1. The fourth-order valence-electron chi connectivity index (χ4n) is 2.86. The van der Waals surface area contributed by atoms with Crippen molar-refractivity contribution in [3.63, 3.8) is 0 Å². The summed E-state index contributed by atoms with van der Waals surface area (Å²) in [4.78, 5) is 12.5. The Morgan fingerprint density at radius 1 is 1.04 bits per heavy atom. The van der Waals surface area contributed by atoms with Gasteiger partial charge in [-0.15, -0.1) is 0 Å². The minimum absolute atomic E-state index is 0.119. The SMILES string of the molecule is Cc1ccc(C=C2Oc3cc(OCc4cccc(Cl)c4)ccc3C2=O)cc1. The van der Waals surface area contributed by atoms with Crippen molar-refractivity contribution in [1.29, 1.82) is 0 Å². The van der Waals surface area contributed by atoms with Gasteiger partial charge in [0.1, 0.15) is 18.1 Å². The maximum absolute atomic E-state index is 12.5. The second-order valence-corrected chi connectivity index (χ2v) is 6.86. The number of Topliss-reactive ketones (excluding diaryl/α,β-unsaturated/α-hetero) is 1. The smallest absolute Gasteiger partial charge is 0.231 e. The second-order valence-electron chi connectivity index (χ2n) is 6.43. The van der Waals surface area contributed by atoms with Crippen molar-refractivity contribution in [2.45, 2.75) is 13.5 Å². The number of hydrogen-bond donors (Lipinski definition) is 0. The van der Waals surface area contributed by atoms with E-state index in [0.29, 0.717) is 34.5 Å². The Hall–Kier alpha value is -3.04. The van der Waals surface area contributed by atoms with Crippen LogP contribution in [0.4, 0.5) is 0 Å². The predicted octanol–water partition coefficient (Wildman–Crippen LogP) is 5.84. The van der Waals surface area contributed by atoms with Crippen LogP contribution in [0.3, 0.4) is 0 Å². The Morgan fingerprint density at radius 2 is 1.85 bits per heavy atom. The van der Waals surface area contributed by atoms with E-state index in [1.54, 1.807) is 24.3 Å². The van der Waals surface area contributed by atoms with E-state index in [0.717, 1.165) is 11.1 Å². The van der Waals surface area contributed by atoms with Gasteiger partial charge in [0.15, 0.2) is 5.76 Å². The second kappa shape index (κ2) is 7.29. The summed E-state index contributed by atoms with van der Waals surface area (Å²) in [5.74, 6) is 1.35. The minimum Gasteiger partial charge on any atom is -0.489 e. The molecular weight excluding hydrogens is 360 g/mol. The average Bonchev–Trinajstić information content (AvgIpc) is 2.97. The Morgan fingerprint density at radius 3 is 2.63 bits per heavy atom. The van der Waals surface area contributed by atoms with Crippen LogP contribution in [0, 0.1) is 6.92 Å². The van der Waals surface area contributed by atoms with Crippen LogP contribution in [0.2, 0.25) is 5.02 Å². The molecule has 0 bridgehead atoms. The number of allylic oxidation sites excluding steroid dienone is 1. The molecule has 0 spiro atoms. The fraction of sp³-hybridized carbons (Fsp3) is 0.0870. The van der Waals surface area contributed by atoms with Crippen LogP contribution in [0.5, 0.6) is 11.5 Å². The quantitative estimate of drug-likeness (QED) is 0.536. The number of rotatable bonds is 4. The first-order chi connectivity index (χ1) is 13.1. The van der Waals surface area contributed by atoms with Crippen molar-refractivity contribution in [2.75, 3.05) is 0 Å². The highest BCUT2D eigenvalue weighted by Crippen LogP contribution is 2.35. The van der Waals surface area contributed by atoms with Gasteiger partial charge in [-0.05, 0) is 48.4 Å².